The Labute approximate surface area is 173 Å². The zero-order chi connectivity index (χ0) is 21.6. The highest BCUT2D eigenvalue weighted by atomic mass is 16.6. The first kappa shape index (κ1) is 22.8. The highest BCUT2D eigenvalue weighted by Gasteiger charge is 2.30. The molecule has 1 aromatic rings. The van der Waals surface area contributed by atoms with Gasteiger partial charge in [0.25, 0.3) is 5.91 Å². The van der Waals surface area contributed by atoms with Crippen LogP contribution in [0.4, 0.5) is 4.79 Å². The molecule has 1 saturated heterocycles. The average molecular weight is 407 g/mol. The van der Waals surface area contributed by atoms with E-state index >= 15 is 0 Å². The van der Waals surface area contributed by atoms with Crippen LogP contribution in [-0.4, -0.2) is 67.3 Å². The molecule has 2 unspecified atom stereocenters. The van der Waals surface area contributed by atoms with Gasteiger partial charge < -0.3 is 24.0 Å². The van der Waals surface area contributed by atoms with Crippen molar-refractivity contribution in [2.45, 2.75) is 52.2 Å². The molecule has 1 heterocycles. The lowest BCUT2D eigenvalue weighted by Crippen LogP contribution is -2.48. The topological polar surface area (TPSA) is 68.3 Å². The number of benzene rings is 1. The van der Waals surface area contributed by atoms with Gasteiger partial charge in [-0.3, -0.25) is 4.79 Å². The lowest BCUT2D eigenvalue weighted by atomic mass is 9.97. The van der Waals surface area contributed by atoms with Gasteiger partial charge in [0.15, 0.2) is 6.10 Å². The van der Waals surface area contributed by atoms with E-state index in [1.165, 1.54) is 0 Å². The molecule has 7 nitrogen and oxygen atoms in total. The maximum Gasteiger partial charge on any atom is 0.410 e. The molecule has 0 saturated carbocycles. The predicted molar refractivity (Wildman–Crippen MR) is 111 cm³/mol. The van der Waals surface area contributed by atoms with Crippen molar-refractivity contribution in [1.82, 2.24) is 9.80 Å². The summed E-state index contributed by atoms with van der Waals surface area (Å²) in [4.78, 5) is 28.5. The number of ether oxygens (including phenoxy) is 3. The van der Waals surface area contributed by atoms with E-state index in [1.54, 1.807) is 50.2 Å². The van der Waals surface area contributed by atoms with Crippen molar-refractivity contribution in [2.75, 3.05) is 33.8 Å². The zero-order valence-corrected chi connectivity index (χ0v) is 18.4. The van der Waals surface area contributed by atoms with Crippen LogP contribution in [0.5, 0.6) is 11.5 Å². The standard InChI is InChI=1S/C22H34N2O5/c1-16(28-19-11-9-18(27-6)10-12-19)20(25)24-13-7-8-17(15-24)14-23(5)21(26)29-22(2,3)4/h9-12,16-17H,7-8,13-15H2,1-6H3. The van der Waals surface area contributed by atoms with Gasteiger partial charge in [-0.2, -0.15) is 0 Å². The molecule has 0 N–H and O–H groups in total. The van der Waals surface area contributed by atoms with E-state index in [1.807, 2.05) is 25.7 Å². The van der Waals surface area contributed by atoms with E-state index in [0.717, 1.165) is 18.6 Å². The van der Waals surface area contributed by atoms with Crippen LogP contribution < -0.4 is 9.47 Å². The second-order valence-electron chi connectivity index (χ2n) is 8.59. The fraction of sp³-hybridized carbons (Fsp3) is 0.636. The molecule has 162 valence electrons. The first-order valence-corrected chi connectivity index (χ1v) is 10.1. The Morgan fingerprint density at radius 3 is 2.41 bits per heavy atom. The molecule has 0 bridgehead atoms. The Bertz CT molecular complexity index is 683. The summed E-state index contributed by atoms with van der Waals surface area (Å²) in [7, 11) is 3.35. The zero-order valence-electron chi connectivity index (χ0n) is 18.4. The van der Waals surface area contributed by atoms with Gasteiger partial charge in [-0.15, -0.1) is 0 Å². The molecule has 29 heavy (non-hydrogen) atoms. The van der Waals surface area contributed by atoms with Crippen LogP contribution in [0, 0.1) is 5.92 Å². The molecular weight excluding hydrogens is 372 g/mol. The summed E-state index contributed by atoms with van der Waals surface area (Å²) >= 11 is 0. The van der Waals surface area contributed by atoms with Crippen LogP contribution in [0.3, 0.4) is 0 Å². The Morgan fingerprint density at radius 2 is 1.83 bits per heavy atom. The van der Waals surface area contributed by atoms with Crippen LogP contribution in [0.2, 0.25) is 0 Å². The number of amides is 2. The molecule has 1 fully saturated rings. The average Bonchev–Trinajstić information content (AvgIpc) is 2.66. The number of hydrogen-bond acceptors (Lipinski definition) is 5. The van der Waals surface area contributed by atoms with Crippen molar-refractivity contribution in [3.8, 4) is 11.5 Å². The molecule has 0 radical (unpaired) electrons. The molecule has 1 aliphatic rings. The van der Waals surface area contributed by atoms with Crippen molar-refractivity contribution in [3.63, 3.8) is 0 Å². The molecule has 1 aromatic carbocycles. The van der Waals surface area contributed by atoms with Crippen LogP contribution in [0.15, 0.2) is 24.3 Å². The Balaban J connectivity index is 1.88. The SMILES string of the molecule is COc1ccc(OC(C)C(=O)N2CCCC(CN(C)C(=O)OC(C)(C)C)C2)cc1. The third-order valence-electron chi connectivity index (χ3n) is 4.79. The minimum Gasteiger partial charge on any atom is -0.497 e. The van der Waals surface area contributed by atoms with Gasteiger partial charge in [0.05, 0.1) is 7.11 Å². The van der Waals surface area contributed by atoms with Crippen molar-refractivity contribution in [1.29, 1.82) is 0 Å². The van der Waals surface area contributed by atoms with Crippen LogP contribution in [0.25, 0.3) is 0 Å². The first-order valence-electron chi connectivity index (χ1n) is 10.1. The molecule has 1 aliphatic heterocycles. The summed E-state index contributed by atoms with van der Waals surface area (Å²) < 4.78 is 16.4. The van der Waals surface area contributed by atoms with Crippen LogP contribution in [-0.2, 0) is 9.53 Å². The van der Waals surface area contributed by atoms with Crippen LogP contribution >= 0.6 is 0 Å². The molecule has 0 aromatic heterocycles. The van der Waals surface area contributed by atoms with E-state index in [-0.39, 0.29) is 17.9 Å². The number of hydrogen-bond donors (Lipinski definition) is 0. The fourth-order valence-electron chi connectivity index (χ4n) is 3.38. The van der Waals surface area contributed by atoms with Crippen molar-refractivity contribution in [2.24, 2.45) is 5.92 Å². The first-order chi connectivity index (χ1) is 13.6. The van der Waals surface area contributed by atoms with Gasteiger partial charge in [-0.1, -0.05) is 0 Å². The van der Waals surface area contributed by atoms with Gasteiger partial charge in [-0.05, 0) is 70.7 Å². The summed E-state index contributed by atoms with van der Waals surface area (Å²) in [5.41, 5.74) is -0.520. The lowest BCUT2D eigenvalue weighted by molar-refractivity contribution is -0.139. The van der Waals surface area contributed by atoms with E-state index in [0.29, 0.717) is 25.4 Å². The monoisotopic (exact) mass is 406 g/mol. The maximum atomic E-state index is 12.8. The second-order valence-corrected chi connectivity index (χ2v) is 8.59. The Kier molecular flexibility index (Phi) is 7.76. The van der Waals surface area contributed by atoms with Gasteiger partial charge in [0.1, 0.15) is 17.1 Å². The third-order valence-corrected chi connectivity index (χ3v) is 4.79. The Morgan fingerprint density at radius 1 is 1.21 bits per heavy atom. The summed E-state index contributed by atoms with van der Waals surface area (Å²) in [6.07, 6.45) is 0.973. The molecular formula is C22H34N2O5. The largest absolute Gasteiger partial charge is 0.497 e. The number of rotatable bonds is 6. The van der Waals surface area contributed by atoms with Crippen molar-refractivity contribution in [3.05, 3.63) is 24.3 Å². The molecule has 2 atom stereocenters. The number of likely N-dealkylation sites (tertiary alicyclic amines) is 1. The van der Waals surface area contributed by atoms with E-state index in [2.05, 4.69) is 0 Å². The van der Waals surface area contributed by atoms with E-state index < -0.39 is 11.7 Å². The molecule has 0 aliphatic carbocycles. The van der Waals surface area contributed by atoms with Gasteiger partial charge in [-0.25, -0.2) is 4.79 Å². The van der Waals surface area contributed by atoms with Gasteiger partial charge in [0.2, 0.25) is 0 Å². The van der Waals surface area contributed by atoms with Crippen molar-refractivity contribution >= 4 is 12.0 Å². The molecule has 7 heteroatoms. The molecule has 2 rings (SSSR count). The highest BCUT2D eigenvalue weighted by Crippen LogP contribution is 2.22. The number of nitrogens with zero attached hydrogens (tertiary/aromatic N) is 2. The highest BCUT2D eigenvalue weighted by molar-refractivity contribution is 5.81. The minimum atomic E-state index is -0.578. The maximum absolute atomic E-state index is 12.8. The number of carbonyl (C=O) groups excluding carboxylic acids is 2. The van der Waals surface area contributed by atoms with Crippen LogP contribution in [0.1, 0.15) is 40.5 Å². The second kappa shape index (κ2) is 9.85. The summed E-state index contributed by atoms with van der Waals surface area (Å²) in [5.74, 6) is 1.55. The summed E-state index contributed by atoms with van der Waals surface area (Å²) in [6, 6.07) is 7.18. The summed E-state index contributed by atoms with van der Waals surface area (Å²) in [5, 5.41) is 0. The number of methoxy groups -OCH3 is 1. The Hall–Kier alpha value is -2.44. The van der Waals surface area contributed by atoms with E-state index in [9.17, 15) is 9.59 Å². The number of piperidine rings is 1. The third kappa shape index (κ3) is 7.15. The lowest BCUT2D eigenvalue weighted by Gasteiger charge is -2.36. The molecule has 0 spiro atoms. The summed E-state index contributed by atoms with van der Waals surface area (Å²) in [6.45, 7) is 9.21. The minimum absolute atomic E-state index is 0.0366. The van der Waals surface area contributed by atoms with Gasteiger partial charge in [0, 0.05) is 26.7 Å². The van der Waals surface area contributed by atoms with E-state index in [4.69, 9.17) is 14.2 Å². The normalized spacial score (nSPS) is 18.0. The molecule has 2 amide bonds. The van der Waals surface area contributed by atoms with Crippen molar-refractivity contribution < 1.29 is 23.8 Å². The van der Waals surface area contributed by atoms with Gasteiger partial charge >= 0.3 is 6.09 Å². The predicted octanol–water partition coefficient (Wildman–Crippen LogP) is 3.57. The fourth-order valence-corrected chi connectivity index (χ4v) is 3.38. The number of carbonyl (C=O) groups is 2. The quantitative estimate of drug-likeness (QED) is 0.722. The smallest absolute Gasteiger partial charge is 0.410 e.